The number of phenols is 1. The summed E-state index contributed by atoms with van der Waals surface area (Å²) in [5.41, 5.74) is 5.39. The first-order chi connectivity index (χ1) is 13.6. The predicted molar refractivity (Wildman–Crippen MR) is 114 cm³/mol. The SMILES string of the molecule is COc1cc2c(cc1OC)CCC(CCCN(C)CCc1ccc(O)cc1)=C2. The smallest absolute Gasteiger partial charge is 0.161 e. The molecule has 0 aliphatic heterocycles. The van der Waals surface area contributed by atoms with Gasteiger partial charge in [-0.3, -0.25) is 0 Å². The molecule has 0 bridgehead atoms. The van der Waals surface area contributed by atoms with Gasteiger partial charge in [-0.25, -0.2) is 0 Å². The zero-order chi connectivity index (χ0) is 19.9. The van der Waals surface area contributed by atoms with Crippen molar-refractivity contribution in [3.05, 3.63) is 58.7 Å². The number of nitrogens with zero attached hydrogens (tertiary/aromatic N) is 1. The van der Waals surface area contributed by atoms with E-state index in [1.165, 1.54) is 28.7 Å². The maximum absolute atomic E-state index is 9.36. The topological polar surface area (TPSA) is 41.9 Å². The van der Waals surface area contributed by atoms with E-state index in [0.29, 0.717) is 5.75 Å². The lowest BCUT2D eigenvalue weighted by Crippen LogP contribution is -2.22. The van der Waals surface area contributed by atoms with Crippen molar-refractivity contribution < 1.29 is 14.6 Å². The van der Waals surface area contributed by atoms with Crippen LogP contribution in [0.2, 0.25) is 0 Å². The molecule has 1 N–H and O–H groups in total. The average Bonchev–Trinajstić information content (AvgIpc) is 2.72. The van der Waals surface area contributed by atoms with Crippen molar-refractivity contribution >= 4 is 6.08 Å². The van der Waals surface area contributed by atoms with E-state index in [-0.39, 0.29) is 0 Å². The van der Waals surface area contributed by atoms with Gasteiger partial charge in [0.05, 0.1) is 14.2 Å². The van der Waals surface area contributed by atoms with Crippen molar-refractivity contribution in [3.8, 4) is 17.2 Å². The summed E-state index contributed by atoms with van der Waals surface area (Å²) in [4.78, 5) is 2.39. The summed E-state index contributed by atoms with van der Waals surface area (Å²) in [6, 6.07) is 11.7. The fourth-order valence-corrected chi connectivity index (χ4v) is 3.74. The highest BCUT2D eigenvalue weighted by atomic mass is 16.5. The second kappa shape index (κ2) is 9.65. The molecule has 150 valence electrons. The van der Waals surface area contributed by atoms with Crippen molar-refractivity contribution in [2.45, 2.75) is 32.1 Å². The summed E-state index contributed by atoms with van der Waals surface area (Å²) >= 11 is 0. The van der Waals surface area contributed by atoms with E-state index < -0.39 is 0 Å². The third kappa shape index (κ3) is 5.29. The van der Waals surface area contributed by atoms with Gasteiger partial charge in [-0.05, 0) is 86.7 Å². The quantitative estimate of drug-likeness (QED) is 0.684. The Morgan fingerprint density at radius 2 is 1.64 bits per heavy atom. The molecule has 0 amide bonds. The number of likely N-dealkylation sites (N-methyl/N-ethyl adjacent to an activating group) is 1. The van der Waals surface area contributed by atoms with Crippen LogP contribution in [0.25, 0.3) is 6.08 Å². The fraction of sp³-hybridized carbons (Fsp3) is 0.417. The number of aryl methyl sites for hydroxylation is 1. The summed E-state index contributed by atoms with van der Waals surface area (Å²) < 4.78 is 10.9. The number of aromatic hydroxyl groups is 1. The van der Waals surface area contributed by atoms with Crippen LogP contribution in [0.4, 0.5) is 0 Å². The highest BCUT2D eigenvalue weighted by Gasteiger charge is 2.15. The Morgan fingerprint density at radius 3 is 2.36 bits per heavy atom. The molecular formula is C24H31NO3. The molecule has 1 aliphatic carbocycles. The molecule has 0 unspecified atom stereocenters. The number of phenolic OH excluding ortho intramolecular Hbond substituents is 1. The van der Waals surface area contributed by atoms with E-state index in [9.17, 15) is 5.11 Å². The van der Waals surface area contributed by atoms with Crippen LogP contribution in [0.3, 0.4) is 0 Å². The van der Waals surface area contributed by atoms with Gasteiger partial charge in [-0.1, -0.05) is 23.8 Å². The first kappa shape index (κ1) is 20.3. The number of rotatable bonds is 9. The minimum Gasteiger partial charge on any atom is -0.508 e. The van der Waals surface area contributed by atoms with Gasteiger partial charge in [0, 0.05) is 6.54 Å². The van der Waals surface area contributed by atoms with Crippen LogP contribution in [-0.4, -0.2) is 44.4 Å². The number of hydrogen-bond donors (Lipinski definition) is 1. The zero-order valence-electron chi connectivity index (χ0n) is 17.2. The van der Waals surface area contributed by atoms with Crippen LogP contribution in [0, 0.1) is 0 Å². The maximum Gasteiger partial charge on any atom is 0.161 e. The van der Waals surface area contributed by atoms with Crippen molar-refractivity contribution in [2.75, 3.05) is 34.4 Å². The summed E-state index contributed by atoms with van der Waals surface area (Å²) in [5, 5.41) is 9.36. The Bertz CT molecular complexity index is 811. The molecule has 0 heterocycles. The molecule has 1 aliphatic rings. The molecule has 2 aromatic rings. The van der Waals surface area contributed by atoms with Gasteiger partial charge >= 0.3 is 0 Å². The van der Waals surface area contributed by atoms with Gasteiger partial charge in [0.15, 0.2) is 11.5 Å². The first-order valence-corrected chi connectivity index (χ1v) is 10.00. The molecule has 0 radical (unpaired) electrons. The van der Waals surface area contributed by atoms with Crippen LogP contribution in [0.5, 0.6) is 17.2 Å². The monoisotopic (exact) mass is 381 g/mol. The molecule has 4 heteroatoms. The lowest BCUT2D eigenvalue weighted by Gasteiger charge is -2.20. The van der Waals surface area contributed by atoms with E-state index in [2.05, 4.69) is 30.2 Å². The molecule has 2 aromatic carbocycles. The van der Waals surface area contributed by atoms with E-state index in [1.807, 2.05) is 12.1 Å². The Morgan fingerprint density at radius 1 is 0.929 bits per heavy atom. The average molecular weight is 382 g/mol. The zero-order valence-corrected chi connectivity index (χ0v) is 17.2. The van der Waals surface area contributed by atoms with Gasteiger partial charge in [0.1, 0.15) is 5.75 Å². The second-order valence-corrected chi connectivity index (χ2v) is 7.53. The van der Waals surface area contributed by atoms with Crippen LogP contribution in [-0.2, 0) is 12.8 Å². The van der Waals surface area contributed by atoms with Crippen LogP contribution in [0.15, 0.2) is 42.0 Å². The normalized spacial score (nSPS) is 13.2. The molecular weight excluding hydrogens is 350 g/mol. The highest BCUT2D eigenvalue weighted by molar-refractivity contribution is 5.64. The summed E-state index contributed by atoms with van der Waals surface area (Å²) in [5.74, 6) is 1.94. The molecule has 4 nitrogen and oxygen atoms in total. The molecule has 0 saturated carbocycles. The lowest BCUT2D eigenvalue weighted by atomic mass is 9.89. The maximum atomic E-state index is 9.36. The van der Waals surface area contributed by atoms with Crippen LogP contribution < -0.4 is 9.47 Å². The minimum atomic E-state index is 0.329. The predicted octanol–water partition coefficient (Wildman–Crippen LogP) is 4.69. The summed E-state index contributed by atoms with van der Waals surface area (Å²) in [6.07, 6.45) is 7.83. The first-order valence-electron chi connectivity index (χ1n) is 10.00. The fourth-order valence-electron chi connectivity index (χ4n) is 3.74. The Kier molecular flexibility index (Phi) is 6.99. The minimum absolute atomic E-state index is 0.329. The largest absolute Gasteiger partial charge is 0.508 e. The van der Waals surface area contributed by atoms with E-state index in [1.54, 1.807) is 26.4 Å². The number of ether oxygens (including phenoxy) is 2. The van der Waals surface area contributed by atoms with Crippen molar-refractivity contribution in [1.82, 2.24) is 4.90 Å². The lowest BCUT2D eigenvalue weighted by molar-refractivity contribution is 0.333. The number of benzene rings is 2. The van der Waals surface area contributed by atoms with Gasteiger partial charge in [-0.2, -0.15) is 0 Å². The number of hydrogen-bond acceptors (Lipinski definition) is 4. The van der Waals surface area contributed by atoms with Crippen molar-refractivity contribution in [1.29, 1.82) is 0 Å². The summed E-state index contributed by atoms with van der Waals surface area (Å²) in [7, 11) is 5.56. The second-order valence-electron chi connectivity index (χ2n) is 7.53. The van der Waals surface area contributed by atoms with E-state index in [4.69, 9.17) is 9.47 Å². The third-order valence-corrected chi connectivity index (χ3v) is 5.48. The Balaban J connectivity index is 1.48. The van der Waals surface area contributed by atoms with Crippen LogP contribution >= 0.6 is 0 Å². The molecule has 0 spiro atoms. The van der Waals surface area contributed by atoms with Gasteiger partial charge in [-0.15, -0.1) is 0 Å². The molecule has 28 heavy (non-hydrogen) atoms. The molecule has 0 fully saturated rings. The van der Waals surface area contributed by atoms with Crippen molar-refractivity contribution in [3.63, 3.8) is 0 Å². The molecule has 3 rings (SSSR count). The standard InChI is InChI=1S/C24H31NO3/c1-25(14-12-18-7-10-22(26)11-8-18)13-4-5-19-6-9-20-16-23(27-2)24(28-3)17-21(20)15-19/h7-8,10-11,15-17,26H,4-6,9,12-14H2,1-3H3. The van der Waals surface area contributed by atoms with E-state index >= 15 is 0 Å². The Labute approximate surface area is 168 Å². The number of fused-ring (bicyclic) bond motifs is 1. The van der Waals surface area contributed by atoms with Gasteiger partial charge in [0.2, 0.25) is 0 Å². The van der Waals surface area contributed by atoms with Crippen molar-refractivity contribution in [2.24, 2.45) is 0 Å². The van der Waals surface area contributed by atoms with E-state index in [0.717, 1.165) is 50.3 Å². The van der Waals surface area contributed by atoms with Gasteiger partial charge < -0.3 is 19.5 Å². The molecule has 0 saturated heterocycles. The highest BCUT2D eigenvalue weighted by Crippen LogP contribution is 2.35. The molecule has 0 aromatic heterocycles. The Hall–Kier alpha value is -2.46. The molecule has 0 atom stereocenters. The van der Waals surface area contributed by atoms with Gasteiger partial charge in [0.25, 0.3) is 0 Å². The number of methoxy groups -OCH3 is 2. The summed E-state index contributed by atoms with van der Waals surface area (Å²) in [6.45, 7) is 2.12. The third-order valence-electron chi connectivity index (χ3n) is 5.48. The number of allylic oxidation sites excluding steroid dienone is 1. The van der Waals surface area contributed by atoms with Crippen LogP contribution in [0.1, 0.15) is 36.0 Å².